The second-order valence-electron chi connectivity index (χ2n) is 6.54. The van der Waals surface area contributed by atoms with Gasteiger partial charge in [-0.3, -0.25) is 18.9 Å². The number of aromatic nitrogens is 2. The molecule has 0 spiro atoms. The number of nitrogens with zero attached hydrogens (tertiary/aromatic N) is 3. The molecular weight excluding hydrogens is 435 g/mol. The van der Waals surface area contributed by atoms with Gasteiger partial charge in [-0.05, 0) is 43.3 Å². The molecule has 0 unspecified atom stereocenters. The normalized spacial score (nSPS) is 11.2. The molecule has 0 aliphatic carbocycles. The Morgan fingerprint density at radius 1 is 1.14 bits per heavy atom. The number of fused-ring (bicyclic) bond motifs is 1. The van der Waals surface area contributed by atoms with E-state index in [9.17, 15) is 9.59 Å². The zero-order valence-electron chi connectivity index (χ0n) is 15.7. The highest BCUT2D eigenvalue weighted by Crippen LogP contribution is 2.25. The predicted molar refractivity (Wildman–Crippen MR) is 117 cm³/mol. The fourth-order valence-corrected chi connectivity index (χ4v) is 3.57. The Hall–Kier alpha value is -2.12. The number of anilines is 1. The number of carbonyl (C=O) groups excluding carboxylic acids is 1. The zero-order chi connectivity index (χ0) is 21.0. The van der Waals surface area contributed by atoms with Crippen LogP contribution in [0.1, 0.15) is 19.0 Å². The van der Waals surface area contributed by atoms with E-state index in [2.05, 4.69) is 10.3 Å². The number of nitrogens with one attached hydrogen (secondary N) is 1. The Morgan fingerprint density at radius 2 is 1.90 bits per heavy atom. The van der Waals surface area contributed by atoms with Gasteiger partial charge in [0.1, 0.15) is 5.65 Å². The molecule has 0 radical (unpaired) electrons. The van der Waals surface area contributed by atoms with E-state index in [1.54, 1.807) is 30.3 Å². The predicted octanol–water partition coefficient (Wildman–Crippen LogP) is 4.51. The highest BCUT2D eigenvalue weighted by atomic mass is 35.5. The van der Waals surface area contributed by atoms with Crippen LogP contribution < -0.4 is 10.9 Å². The Labute approximate surface area is 183 Å². The molecule has 29 heavy (non-hydrogen) atoms. The van der Waals surface area contributed by atoms with E-state index >= 15 is 0 Å². The van der Waals surface area contributed by atoms with Crippen molar-refractivity contribution in [3.63, 3.8) is 0 Å². The third-order valence-electron chi connectivity index (χ3n) is 4.17. The lowest BCUT2D eigenvalue weighted by Gasteiger charge is -2.21. The van der Waals surface area contributed by atoms with Gasteiger partial charge in [0.2, 0.25) is 5.91 Å². The van der Waals surface area contributed by atoms with Crippen molar-refractivity contribution >= 4 is 52.0 Å². The van der Waals surface area contributed by atoms with E-state index in [1.807, 2.05) is 11.8 Å². The smallest absolute Gasteiger partial charge is 0.258 e. The van der Waals surface area contributed by atoms with Gasteiger partial charge in [0, 0.05) is 23.8 Å². The molecule has 2 aromatic heterocycles. The molecule has 0 bridgehead atoms. The maximum Gasteiger partial charge on any atom is 0.258 e. The van der Waals surface area contributed by atoms with E-state index in [4.69, 9.17) is 34.8 Å². The summed E-state index contributed by atoms with van der Waals surface area (Å²) in [4.78, 5) is 31.3. The molecule has 0 aliphatic rings. The van der Waals surface area contributed by atoms with Crippen molar-refractivity contribution in [3.8, 4) is 0 Å². The molecule has 6 nitrogen and oxygen atoms in total. The topological polar surface area (TPSA) is 66.7 Å². The van der Waals surface area contributed by atoms with Crippen molar-refractivity contribution in [2.24, 2.45) is 0 Å². The van der Waals surface area contributed by atoms with Crippen molar-refractivity contribution < 1.29 is 4.79 Å². The second-order valence-corrected chi connectivity index (χ2v) is 7.82. The Bertz CT molecular complexity index is 1100. The summed E-state index contributed by atoms with van der Waals surface area (Å²) in [6.45, 7) is 3.19. The average Bonchev–Trinajstić information content (AvgIpc) is 2.65. The minimum absolute atomic E-state index is 0.133. The van der Waals surface area contributed by atoms with E-state index in [0.717, 1.165) is 6.42 Å². The Balaban J connectivity index is 1.74. The number of pyridine rings is 1. The van der Waals surface area contributed by atoms with Crippen molar-refractivity contribution in [2.75, 3.05) is 18.4 Å². The maximum absolute atomic E-state index is 12.5. The number of halogens is 3. The maximum atomic E-state index is 12.5. The van der Waals surface area contributed by atoms with E-state index in [-0.39, 0.29) is 18.0 Å². The summed E-state index contributed by atoms with van der Waals surface area (Å²) in [5.41, 5.74) is 1.37. The number of benzene rings is 1. The molecule has 9 heteroatoms. The first-order chi connectivity index (χ1) is 13.9. The molecule has 0 fully saturated rings. The van der Waals surface area contributed by atoms with Crippen molar-refractivity contribution in [1.82, 2.24) is 14.3 Å². The van der Waals surface area contributed by atoms with Crippen LogP contribution in [0.5, 0.6) is 0 Å². The molecule has 0 atom stereocenters. The van der Waals surface area contributed by atoms with Gasteiger partial charge >= 0.3 is 0 Å². The minimum Gasteiger partial charge on any atom is -0.324 e. The summed E-state index contributed by atoms with van der Waals surface area (Å²) >= 11 is 17.9. The monoisotopic (exact) mass is 452 g/mol. The van der Waals surface area contributed by atoms with Crippen molar-refractivity contribution in [3.05, 3.63) is 73.7 Å². The van der Waals surface area contributed by atoms with Gasteiger partial charge in [0.25, 0.3) is 5.56 Å². The average molecular weight is 454 g/mol. The summed E-state index contributed by atoms with van der Waals surface area (Å²) in [7, 11) is 0. The summed E-state index contributed by atoms with van der Waals surface area (Å²) in [6.07, 6.45) is 2.38. The van der Waals surface area contributed by atoms with Gasteiger partial charge in [0.15, 0.2) is 0 Å². The van der Waals surface area contributed by atoms with Gasteiger partial charge in [-0.25, -0.2) is 4.98 Å². The molecule has 0 saturated carbocycles. The summed E-state index contributed by atoms with van der Waals surface area (Å²) in [6, 6.07) is 9.71. The van der Waals surface area contributed by atoms with E-state index in [1.165, 1.54) is 16.7 Å². The number of hydrogen-bond donors (Lipinski definition) is 1. The van der Waals surface area contributed by atoms with Crippen LogP contribution in [0.2, 0.25) is 15.1 Å². The highest BCUT2D eigenvalue weighted by Gasteiger charge is 2.14. The summed E-state index contributed by atoms with van der Waals surface area (Å²) in [5.74, 6) is -0.216. The van der Waals surface area contributed by atoms with Crippen LogP contribution in [0.4, 0.5) is 5.69 Å². The third-order valence-corrected chi connectivity index (χ3v) is 4.95. The Morgan fingerprint density at radius 3 is 2.62 bits per heavy atom. The van der Waals surface area contributed by atoms with E-state index < -0.39 is 0 Å². The van der Waals surface area contributed by atoms with Gasteiger partial charge in [-0.15, -0.1) is 0 Å². The third kappa shape index (κ3) is 5.70. The van der Waals surface area contributed by atoms with Crippen LogP contribution in [-0.2, 0) is 11.3 Å². The summed E-state index contributed by atoms with van der Waals surface area (Å²) < 4.78 is 1.39. The number of hydrogen-bond acceptors (Lipinski definition) is 4. The van der Waals surface area contributed by atoms with E-state index in [0.29, 0.717) is 45.2 Å². The molecule has 2 heterocycles. The lowest BCUT2D eigenvalue weighted by atomic mass is 10.3. The molecular formula is C20H19Cl3N4O2. The first-order valence-corrected chi connectivity index (χ1v) is 10.1. The van der Waals surface area contributed by atoms with Gasteiger partial charge in [-0.2, -0.15) is 0 Å². The summed E-state index contributed by atoms with van der Waals surface area (Å²) in [5, 5.41) is 4.11. The number of rotatable bonds is 7. The molecule has 152 valence electrons. The van der Waals surface area contributed by atoms with Gasteiger partial charge in [0.05, 0.1) is 28.0 Å². The SMILES string of the molecule is CCCN(CC(=O)Nc1ccc(Cl)cc1Cl)Cc1cc(=O)n2cc(Cl)ccc2n1. The lowest BCUT2D eigenvalue weighted by molar-refractivity contribution is -0.117. The van der Waals surface area contributed by atoms with Gasteiger partial charge in [-0.1, -0.05) is 41.7 Å². The zero-order valence-corrected chi connectivity index (χ0v) is 17.9. The largest absolute Gasteiger partial charge is 0.324 e. The van der Waals surface area contributed by atoms with Crippen LogP contribution in [0.3, 0.4) is 0 Å². The molecule has 1 N–H and O–H groups in total. The Kier molecular flexibility index (Phi) is 7.14. The van der Waals surface area contributed by atoms with Crippen LogP contribution >= 0.6 is 34.8 Å². The quantitative estimate of drug-likeness (QED) is 0.572. The molecule has 1 aromatic carbocycles. The van der Waals surface area contributed by atoms with Crippen LogP contribution in [0, 0.1) is 0 Å². The lowest BCUT2D eigenvalue weighted by Crippen LogP contribution is -2.34. The standard InChI is InChI=1S/C20H19Cl3N4O2/c1-2-7-26(12-19(28)25-17-5-3-13(21)8-16(17)23)11-15-9-20(29)27-10-14(22)4-6-18(27)24-15/h3-6,8-10H,2,7,11-12H2,1H3,(H,25,28). The first-order valence-electron chi connectivity index (χ1n) is 9.01. The fraction of sp³-hybridized carbons (Fsp3) is 0.250. The highest BCUT2D eigenvalue weighted by molar-refractivity contribution is 6.36. The number of carbonyl (C=O) groups is 1. The molecule has 3 rings (SSSR count). The van der Waals surface area contributed by atoms with Crippen LogP contribution in [0.15, 0.2) is 47.4 Å². The first kappa shape index (κ1) is 21.6. The van der Waals surface area contributed by atoms with Crippen molar-refractivity contribution in [1.29, 1.82) is 0 Å². The second kappa shape index (κ2) is 9.59. The van der Waals surface area contributed by atoms with Gasteiger partial charge < -0.3 is 5.32 Å². The molecule has 0 saturated heterocycles. The van der Waals surface area contributed by atoms with Crippen LogP contribution in [-0.4, -0.2) is 33.3 Å². The number of amides is 1. The van der Waals surface area contributed by atoms with Crippen molar-refractivity contribution in [2.45, 2.75) is 19.9 Å². The van der Waals surface area contributed by atoms with Crippen LogP contribution in [0.25, 0.3) is 5.65 Å². The fourth-order valence-electron chi connectivity index (χ4n) is 2.95. The molecule has 3 aromatic rings. The molecule has 1 amide bonds. The minimum atomic E-state index is -0.221. The molecule has 0 aliphatic heterocycles.